The van der Waals surface area contributed by atoms with Crippen LogP contribution in [0.2, 0.25) is 0 Å². The molecule has 2 unspecified atom stereocenters. The predicted molar refractivity (Wildman–Crippen MR) is 71.4 cm³/mol. The Morgan fingerprint density at radius 1 is 1.21 bits per heavy atom. The third-order valence-electron chi connectivity index (χ3n) is 4.43. The van der Waals surface area contributed by atoms with Crippen molar-refractivity contribution in [2.24, 2.45) is 5.92 Å². The van der Waals surface area contributed by atoms with Crippen molar-refractivity contribution in [3.05, 3.63) is 17.7 Å². The molecule has 2 aliphatic rings. The van der Waals surface area contributed by atoms with Gasteiger partial charge in [0, 0.05) is 25.7 Å². The Morgan fingerprint density at radius 2 is 2.00 bits per heavy atom. The average Bonchev–Trinajstić information content (AvgIpc) is 2.83. The number of anilines is 2. The molecule has 5 heteroatoms. The Bertz CT molecular complexity index is 478. The maximum Gasteiger partial charge on any atom is 0.168 e. The van der Waals surface area contributed by atoms with Gasteiger partial charge in [0.2, 0.25) is 0 Å². The van der Waals surface area contributed by atoms with Gasteiger partial charge in [0.1, 0.15) is 0 Å². The van der Waals surface area contributed by atoms with E-state index in [-0.39, 0.29) is 5.82 Å². The van der Waals surface area contributed by atoms with E-state index in [2.05, 4.69) is 10.3 Å². The van der Waals surface area contributed by atoms with E-state index in [9.17, 15) is 8.78 Å². The van der Waals surface area contributed by atoms with Crippen LogP contribution in [0.5, 0.6) is 0 Å². The van der Waals surface area contributed by atoms with Gasteiger partial charge in [-0.2, -0.15) is 0 Å². The van der Waals surface area contributed by atoms with Crippen LogP contribution in [-0.2, 0) is 0 Å². The van der Waals surface area contributed by atoms with Gasteiger partial charge in [-0.15, -0.1) is 0 Å². The van der Waals surface area contributed by atoms with Gasteiger partial charge in [0.15, 0.2) is 23.3 Å². The smallest absolute Gasteiger partial charge is 0.168 e. The number of nitrogens with zero attached hydrogens (tertiary/aromatic N) is 2. The Balaban J connectivity index is 1.93. The number of pyridine rings is 1. The SMILES string of the molecule is CNc1nc(N2CCC3CCCCC32)c(F)cc1F. The normalized spacial score (nSPS) is 26.4. The molecular weight excluding hydrogens is 248 g/mol. The number of aromatic nitrogens is 1. The molecule has 0 spiro atoms. The molecule has 1 aliphatic heterocycles. The zero-order valence-electron chi connectivity index (χ0n) is 11.1. The van der Waals surface area contributed by atoms with E-state index >= 15 is 0 Å². The third kappa shape index (κ3) is 2.15. The van der Waals surface area contributed by atoms with Crippen LogP contribution in [0.4, 0.5) is 20.4 Å². The number of rotatable bonds is 2. The zero-order valence-corrected chi connectivity index (χ0v) is 11.1. The number of halogens is 2. The summed E-state index contributed by atoms with van der Waals surface area (Å²) in [6.07, 6.45) is 5.88. The lowest BCUT2D eigenvalue weighted by molar-refractivity contribution is 0.340. The quantitative estimate of drug-likeness (QED) is 0.892. The lowest BCUT2D eigenvalue weighted by atomic mass is 9.85. The average molecular weight is 267 g/mol. The van der Waals surface area contributed by atoms with Crippen LogP contribution >= 0.6 is 0 Å². The first-order chi connectivity index (χ1) is 9.20. The van der Waals surface area contributed by atoms with Gasteiger partial charge in [0.05, 0.1) is 0 Å². The number of nitrogens with one attached hydrogen (secondary N) is 1. The van der Waals surface area contributed by atoms with E-state index in [4.69, 9.17) is 0 Å². The summed E-state index contributed by atoms with van der Waals surface area (Å²) in [5.41, 5.74) is 0. The van der Waals surface area contributed by atoms with E-state index in [1.54, 1.807) is 7.05 Å². The molecular formula is C14H19F2N3. The lowest BCUT2D eigenvalue weighted by Gasteiger charge is -2.32. The number of fused-ring (bicyclic) bond motifs is 1. The molecule has 2 atom stereocenters. The molecule has 0 amide bonds. The predicted octanol–water partition coefficient (Wildman–Crippen LogP) is 3.17. The van der Waals surface area contributed by atoms with Crippen molar-refractivity contribution in [1.82, 2.24) is 4.98 Å². The van der Waals surface area contributed by atoms with Crippen LogP contribution < -0.4 is 10.2 Å². The van der Waals surface area contributed by atoms with Crippen LogP contribution in [0.1, 0.15) is 32.1 Å². The summed E-state index contributed by atoms with van der Waals surface area (Å²) in [5.74, 6) is -0.111. The Kier molecular flexibility index (Phi) is 3.29. The molecule has 2 heterocycles. The highest BCUT2D eigenvalue weighted by Gasteiger charge is 2.37. The van der Waals surface area contributed by atoms with Gasteiger partial charge in [-0.3, -0.25) is 0 Å². The zero-order chi connectivity index (χ0) is 13.4. The number of hydrogen-bond acceptors (Lipinski definition) is 3. The minimum Gasteiger partial charge on any atom is -0.371 e. The molecule has 1 aliphatic carbocycles. The molecule has 3 rings (SSSR count). The minimum absolute atomic E-state index is 0.121. The minimum atomic E-state index is -0.636. The molecule has 0 aromatic carbocycles. The Hall–Kier alpha value is -1.39. The molecule has 1 N–H and O–H groups in total. The van der Waals surface area contributed by atoms with Crippen LogP contribution in [-0.4, -0.2) is 24.6 Å². The van der Waals surface area contributed by atoms with Gasteiger partial charge < -0.3 is 10.2 Å². The van der Waals surface area contributed by atoms with Crippen molar-refractivity contribution < 1.29 is 8.78 Å². The fraction of sp³-hybridized carbons (Fsp3) is 0.643. The van der Waals surface area contributed by atoms with E-state index in [1.165, 1.54) is 19.3 Å². The van der Waals surface area contributed by atoms with E-state index < -0.39 is 11.6 Å². The summed E-state index contributed by atoms with van der Waals surface area (Å²) < 4.78 is 27.5. The molecule has 3 nitrogen and oxygen atoms in total. The van der Waals surface area contributed by atoms with Crippen molar-refractivity contribution in [2.45, 2.75) is 38.1 Å². The summed E-state index contributed by atoms with van der Waals surface area (Å²) >= 11 is 0. The molecule has 19 heavy (non-hydrogen) atoms. The highest BCUT2D eigenvalue weighted by molar-refractivity contribution is 5.50. The summed E-state index contributed by atoms with van der Waals surface area (Å²) in [6, 6.07) is 1.32. The molecule has 2 fully saturated rings. The molecule has 1 aromatic rings. The van der Waals surface area contributed by atoms with Crippen molar-refractivity contribution >= 4 is 11.6 Å². The maximum absolute atomic E-state index is 14.0. The molecule has 0 radical (unpaired) electrons. The van der Waals surface area contributed by atoms with Crippen molar-refractivity contribution in [3.63, 3.8) is 0 Å². The van der Waals surface area contributed by atoms with E-state index in [0.29, 0.717) is 17.8 Å². The van der Waals surface area contributed by atoms with Crippen molar-refractivity contribution in [2.75, 3.05) is 23.8 Å². The summed E-state index contributed by atoms with van der Waals surface area (Å²) in [6.45, 7) is 0.827. The van der Waals surface area contributed by atoms with E-state index in [1.807, 2.05) is 4.90 Å². The molecule has 104 valence electrons. The van der Waals surface area contributed by atoms with Gasteiger partial charge in [-0.25, -0.2) is 13.8 Å². The van der Waals surface area contributed by atoms with Gasteiger partial charge in [0.25, 0.3) is 0 Å². The lowest BCUT2D eigenvalue weighted by Crippen LogP contribution is -2.36. The second kappa shape index (κ2) is 4.94. The molecule has 1 aromatic heterocycles. The highest BCUT2D eigenvalue weighted by Crippen LogP contribution is 2.39. The summed E-state index contributed by atoms with van der Waals surface area (Å²) in [5, 5.41) is 2.68. The van der Waals surface area contributed by atoms with Crippen molar-refractivity contribution in [1.29, 1.82) is 0 Å². The largest absolute Gasteiger partial charge is 0.371 e. The van der Waals surface area contributed by atoms with Crippen LogP contribution in [0, 0.1) is 17.6 Å². The first kappa shape index (κ1) is 12.6. The second-order valence-corrected chi connectivity index (χ2v) is 5.47. The number of hydrogen-bond donors (Lipinski definition) is 1. The fourth-order valence-electron chi connectivity index (χ4n) is 3.50. The van der Waals surface area contributed by atoms with Crippen LogP contribution in [0.3, 0.4) is 0 Å². The molecule has 0 bridgehead atoms. The van der Waals surface area contributed by atoms with Gasteiger partial charge >= 0.3 is 0 Å². The van der Waals surface area contributed by atoms with Gasteiger partial charge in [-0.1, -0.05) is 12.8 Å². The van der Waals surface area contributed by atoms with Crippen LogP contribution in [0.15, 0.2) is 6.07 Å². The molecule has 1 saturated carbocycles. The summed E-state index contributed by atoms with van der Waals surface area (Å²) in [7, 11) is 1.60. The maximum atomic E-state index is 14.0. The first-order valence-corrected chi connectivity index (χ1v) is 7.01. The first-order valence-electron chi connectivity index (χ1n) is 7.01. The monoisotopic (exact) mass is 267 g/mol. The second-order valence-electron chi connectivity index (χ2n) is 5.47. The Labute approximate surface area is 112 Å². The van der Waals surface area contributed by atoms with Gasteiger partial charge in [-0.05, 0) is 25.2 Å². The fourth-order valence-corrected chi connectivity index (χ4v) is 3.50. The standard InChI is InChI=1S/C14H19F2N3/c1-17-13-10(15)8-11(16)14(18-13)19-7-6-9-4-2-3-5-12(9)19/h8-9,12H,2-7H2,1H3,(H,17,18). The molecule has 1 saturated heterocycles. The Morgan fingerprint density at radius 3 is 2.79 bits per heavy atom. The van der Waals surface area contributed by atoms with E-state index in [0.717, 1.165) is 25.5 Å². The summed E-state index contributed by atoms with van der Waals surface area (Å²) in [4.78, 5) is 6.17. The highest BCUT2D eigenvalue weighted by atomic mass is 19.1. The third-order valence-corrected chi connectivity index (χ3v) is 4.43. The van der Waals surface area contributed by atoms with Crippen molar-refractivity contribution in [3.8, 4) is 0 Å². The topological polar surface area (TPSA) is 28.2 Å². The van der Waals surface area contributed by atoms with Crippen LogP contribution in [0.25, 0.3) is 0 Å².